The van der Waals surface area contributed by atoms with Gasteiger partial charge in [-0.2, -0.15) is 0 Å². The summed E-state index contributed by atoms with van der Waals surface area (Å²) in [7, 11) is 1.96. The number of nitrogens with one attached hydrogen (secondary N) is 1. The van der Waals surface area contributed by atoms with Gasteiger partial charge in [-0.05, 0) is 56.6 Å². The van der Waals surface area contributed by atoms with Gasteiger partial charge in [-0.1, -0.05) is 15.9 Å². The summed E-state index contributed by atoms with van der Waals surface area (Å²) in [6, 6.07) is 5.88. The molecule has 1 amide bonds. The molecule has 1 aliphatic heterocycles. The molecule has 0 spiro atoms. The third kappa shape index (κ3) is 3.12. The zero-order valence-electron chi connectivity index (χ0n) is 10.9. The van der Waals surface area contributed by atoms with Crippen LogP contribution in [0, 0.1) is 12.8 Å². The van der Waals surface area contributed by atoms with Crippen molar-refractivity contribution in [3.05, 3.63) is 33.8 Å². The van der Waals surface area contributed by atoms with Gasteiger partial charge in [-0.3, -0.25) is 4.79 Å². The number of carbonyl (C=O) groups is 1. The van der Waals surface area contributed by atoms with Crippen LogP contribution in [-0.2, 0) is 0 Å². The second-order valence-electron chi connectivity index (χ2n) is 4.98. The number of halogens is 1. The minimum Gasteiger partial charge on any atom is -0.338 e. The fraction of sp³-hybridized carbons (Fsp3) is 0.500. The van der Waals surface area contributed by atoms with Crippen LogP contribution in [0.15, 0.2) is 22.7 Å². The molecule has 0 aromatic heterocycles. The highest BCUT2D eigenvalue weighted by Gasteiger charge is 2.26. The molecule has 3 nitrogen and oxygen atoms in total. The Morgan fingerprint density at radius 2 is 2.28 bits per heavy atom. The summed E-state index contributed by atoms with van der Waals surface area (Å²) in [6.07, 6.45) is 1.10. The summed E-state index contributed by atoms with van der Waals surface area (Å²) in [5.74, 6) is 0.741. The van der Waals surface area contributed by atoms with E-state index in [0.717, 1.165) is 41.7 Å². The van der Waals surface area contributed by atoms with Crippen LogP contribution in [0.5, 0.6) is 0 Å². The molecular formula is C14H19BrN2O. The predicted molar refractivity (Wildman–Crippen MR) is 76.8 cm³/mol. The molecule has 1 saturated heterocycles. The van der Waals surface area contributed by atoms with E-state index in [1.54, 1.807) is 0 Å². The van der Waals surface area contributed by atoms with Crippen LogP contribution in [0.4, 0.5) is 0 Å². The predicted octanol–water partition coefficient (Wildman–Crippen LogP) is 2.44. The lowest BCUT2D eigenvalue weighted by molar-refractivity contribution is 0.0787. The van der Waals surface area contributed by atoms with Crippen molar-refractivity contribution >= 4 is 21.8 Å². The van der Waals surface area contributed by atoms with Crippen LogP contribution in [0.25, 0.3) is 0 Å². The van der Waals surface area contributed by atoms with Gasteiger partial charge in [0.05, 0.1) is 0 Å². The number of likely N-dealkylation sites (tertiary alicyclic amines) is 1. The van der Waals surface area contributed by atoms with Gasteiger partial charge >= 0.3 is 0 Å². The van der Waals surface area contributed by atoms with Crippen molar-refractivity contribution in [3.63, 3.8) is 0 Å². The summed E-state index contributed by atoms with van der Waals surface area (Å²) in [4.78, 5) is 14.3. The molecule has 1 aliphatic rings. The highest BCUT2D eigenvalue weighted by Crippen LogP contribution is 2.21. The molecule has 98 valence electrons. The van der Waals surface area contributed by atoms with E-state index in [0.29, 0.717) is 5.92 Å². The fourth-order valence-electron chi connectivity index (χ4n) is 2.51. The molecule has 1 unspecified atom stereocenters. The molecule has 1 heterocycles. The molecule has 0 aliphatic carbocycles. The van der Waals surface area contributed by atoms with E-state index < -0.39 is 0 Å². The number of carbonyl (C=O) groups excluding carboxylic acids is 1. The second-order valence-corrected chi connectivity index (χ2v) is 5.90. The van der Waals surface area contributed by atoms with Gasteiger partial charge in [0.15, 0.2) is 0 Å². The molecule has 0 bridgehead atoms. The lowest BCUT2D eigenvalue weighted by atomic mass is 10.1. The van der Waals surface area contributed by atoms with Gasteiger partial charge in [-0.15, -0.1) is 0 Å². The number of hydrogen-bond acceptors (Lipinski definition) is 2. The van der Waals surface area contributed by atoms with Crippen molar-refractivity contribution in [3.8, 4) is 0 Å². The van der Waals surface area contributed by atoms with Crippen molar-refractivity contribution < 1.29 is 4.79 Å². The summed E-state index contributed by atoms with van der Waals surface area (Å²) in [5, 5.41) is 3.18. The summed E-state index contributed by atoms with van der Waals surface area (Å²) in [6.45, 7) is 4.73. The molecule has 1 aromatic carbocycles. The first-order valence-electron chi connectivity index (χ1n) is 6.31. The Labute approximate surface area is 117 Å². The van der Waals surface area contributed by atoms with E-state index in [9.17, 15) is 4.79 Å². The first kappa shape index (κ1) is 13.6. The summed E-state index contributed by atoms with van der Waals surface area (Å²) >= 11 is 3.45. The number of hydrogen-bond donors (Lipinski definition) is 1. The maximum absolute atomic E-state index is 12.4. The molecule has 1 aromatic rings. The number of amides is 1. The Kier molecular flexibility index (Phi) is 4.40. The SMILES string of the molecule is CNCC1CCN(C(=O)c2cc(C)cc(Br)c2)C1. The average molecular weight is 311 g/mol. The van der Waals surface area contributed by atoms with Crippen LogP contribution < -0.4 is 5.32 Å². The van der Waals surface area contributed by atoms with Gasteiger partial charge in [0.2, 0.25) is 0 Å². The van der Waals surface area contributed by atoms with Crippen molar-refractivity contribution in [2.75, 3.05) is 26.7 Å². The molecular weight excluding hydrogens is 292 g/mol. The van der Waals surface area contributed by atoms with E-state index in [2.05, 4.69) is 21.2 Å². The zero-order chi connectivity index (χ0) is 13.1. The molecule has 18 heavy (non-hydrogen) atoms. The lowest BCUT2D eigenvalue weighted by Gasteiger charge is -2.17. The van der Waals surface area contributed by atoms with Gasteiger partial charge in [0, 0.05) is 23.1 Å². The van der Waals surface area contributed by atoms with Crippen LogP contribution in [0.3, 0.4) is 0 Å². The van der Waals surface area contributed by atoms with Gasteiger partial charge in [-0.25, -0.2) is 0 Å². The van der Waals surface area contributed by atoms with Crippen LogP contribution in [-0.4, -0.2) is 37.5 Å². The quantitative estimate of drug-likeness (QED) is 0.930. The fourth-order valence-corrected chi connectivity index (χ4v) is 3.12. The normalized spacial score (nSPS) is 19.3. The van der Waals surface area contributed by atoms with E-state index in [1.165, 1.54) is 0 Å². The Hall–Kier alpha value is -0.870. The molecule has 1 fully saturated rings. The Morgan fingerprint density at radius 3 is 2.94 bits per heavy atom. The highest BCUT2D eigenvalue weighted by molar-refractivity contribution is 9.10. The minimum absolute atomic E-state index is 0.151. The minimum atomic E-state index is 0.151. The maximum Gasteiger partial charge on any atom is 0.253 e. The Morgan fingerprint density at radius 1 is 1.50 bits per heavy atom. The van der Waals surface area contributed by atoms with Crippen molar-refractivity contribution in [1.29, 1.82) is 0 Å². The Bertz CT molecular complexity index is 427. The molecule has 0 radical (unpaired) electrons. The molecule has 1 N–H and O–H groups in total. The zero-order valence-corrected chi connectivity index (χ0v) is 12.5. The summed E-state index contributed by atoms with van der Waals surface area (Å²) < 4.78 is 0.969. The number of aryl methyl sites for hydroxylation is 1. The number of nitrogens with zero attached hydrogens (tertiary/aromatic N) is 1. The molecule has 2 rings (SSSR count). The van der Waals surface area contributed by atoms with Crippen LogP contribution >= 0.6 is 15.9 Å². The third-order valence-corrected chi connectivity index (χ3v) is 3.81. The molecule has 4 heteroatoms. The maximum atomic E-state index is 12.4. The van der Waals surface area contributed by atoms with Crippen molar-refractivity contribution in [2.45, 2.75) is 13.3 Å². The standard InChI is InChI=1S/C14H19BrN2O/c1-10-5-12(7-13(15)6-10)14(18)17-4-3-11(9-17)8-16-2/h5-7,11,16H,3-4,8-9H2,1-2H3. The number of benzene rings is 1. The first-order valence-corrected chi connectivity index (χ1v) is 7.10. The van der Waals surface area contributed by atoms with Crippen molar-refractivity contribution in [2.24, 2.45) is 5.92 Å². The van der Waals surface area contributed by atoms with E-state index >= 15 is 0 Å². The van der Waals surface area contributed by atoms with Gasteiger partial charge in [0.25, 0.3) is 5.91 Å². The monoisotopic (exact) mass is 310 g/mol. The third-order valence-electron chi connectivity index (χ3n) is 3.35. The topological polar surface area (TPSA) is 32.3 Å². The van der Waals surface area contributed by atoms with Crippen molar-refractivity contribution in [1.82, 2.24) is 10.2 Å². The van der Waals surface area contributed by atoms with Gasteiger partial charge < -0.3 is 10.2 Å². The van der Waals surface area contributed by atoms with Crippen LogP contribution in [0.1, 0.15) is 22.3 Å². The number of rotatable bonds is 3. The van der Waals surface area contributed by atoms with E-state index in [4.69, 9.17) is 0 Å². The van der Waals surface area contributed by atoms with Crippen LogP contribution in [0.2, 0.25) is 0 Å². The van der Waals surface area contributed by atoms with E-state index in [-0.39, 0.29) is 5.91 Å². The average Bonchev–Trinajstić information content (AvgIpc) is 2.76. The van der Waals surface area contributed by atoms with E-state index in [1.807, 2.05) is 37.1 Å². The Balaban J connectivity index is 2.08. The molecule has 0 saturated carbocycles. The van der Waals surface area contributed by atoms with Gasteiger partial charge in [0.1, 0.15) is 0 Å². The highest BCUT2D eigenvalue weighted by atomic mass is 79.9. The second kappa shape index (κ2) is 5.85. The largest absolute Gasteiger partial charge is 0.338 e. The smallest absolute Gasteiger partial charge is 0.253 e. The first-order chi connectivity index (χ1) is 8.60. The summed E-state index contributed by atoms with van der Waals surface area (Å²) in [5.41, 5.74) is 1.89. The molecule has 1 atom stereocenters. The lowest BCUT2D eigenvalue weighted by Crippen LogP contribution is -2.30.